The fraction of sp³-hybridized carbons (Fsp3) is 0.800. The number of aryl methyl sites for hydroxylation is 1. The van der Waals surface area contributed by atoms with Crippen LogP contribution in [0.5, 0.6) is 0 Å². The quantitative estimate of drug-likeness (QED) is 0.831. The molecule has 7 nitrogen and oxygen atoms in total. The first-order valence-electron chi connectivity index (χ1n) is 7.90. The van der Waals surface area contributed by atoms with Crippen LogP contribution in [0, 0.1) is 0 Å². The minimum Gasteiger partial charge on any atom is -0.444 e. The van der Waals surface area contributed by atoms with Gasteiger partial charge in [-0.2, -0.15) is 0 Å². The van der Waals surface area contributed by atoms with E-state index < -0.39 is 5.60 Å². The number of hydrogen-bond donors (Lipinski definition) is 1. The van der Waals surface area contributed by atoms with Crippen molar-refractivity contribution in [2.24, 2.45) is 7.05 Å². The second-order valence-corrected chi connectivity index (χ2v) is 6.78. The molecular weight excluding hydrogens is 282 g/mol. The number of hydrogen-bond acceptors (Lipinski definition) is 5. The average molecular weight is 309 g/mol. The van der Waals surface area contributed by atoms with Gasteiger partial charge in [0, 0.05) is 39.1 Å². The second-order valence-electron chi connectivity index (χ2n) is 6.78. The molecule has 0 saturated carbocycles. The van der Waals surface area contributed by atoms with Crippen LogP contribution in [0.1, 0.15) is 39.4 Å². The summed E-state index contributed by atoms with van der Waals surface area (Å²) in [5.41, 5.74) is -0.442. The van der Waals surface area contributed by atoms with Crippen LogP contribution in [-0.2, 0) is 18.2 Å². The highest BCUT2D eigenvalue weighted by molar-refractivity contribution is 5.69. The van der Waals surface area contributed by atoms with Crippen molar-refractivity contribution in [1.29, 1.82) is 0 Å². The first-order chi connectivity index (χ1) is 10.4. The maximum atomic E-state index is 12.2. The van der Waals surface area contributed by atoms with E-state index in [2.05, 4.69) is 15.5 Å². The molecule has 1 atom stereocenters. The summed E-state index contributed by atoms with van der Waals surface area (Å²) < 4.78 is 7.39. The molecule has 1 amide bonds. The topological polar surface area (TPSA) is 72.3 Å². The molecule has 0 bridgehead atoms. The Bertz CT molecular complexity index is 494. The summed E-state index contributed by atoms with van der Waals surface area (Å²) in [6.07, 6.45) is 4.39. The highest BCUT2D eigenvalue weighted by atomic mass is 16.6. The van der Waals surface area contributed by atoms with E-state index in [4.69, 9.17) is 4.74 Å². The van der Waals surface area contributed by atoms with Crippen molar-refractivity contribution in [3.8, 4) is 0 Å². The van der Waals surface area contributed by atoms with Crippen LogP contribution in [0.2, 0.25) is 0 Å². The van der Waals surface area contributed by atoms with Crippen LogP contribution in [-0.4, -0.2) is 57.0 Å². The largest absolute Gasteiger partial charge is 0.444 e. The maximum Gasteiger partial charge on any atom is 0.410 e. The van der Waals surface area contributed by atoms with Crippen molar-refractivity contribution in [2.45, 2.75) is 51.7 Å². The van der Waals surface area contributed by atoms with E-state index >= 15 is 0 Å². The van der Waals surface area contributed by atoms with Gasteiger partial charge in [0.1, 0.15) is 17.8 Å². The first kappa shape index (κ1) is 16.7. The van der Waals surface area contributed by atoms with Gasteiger partial charge in [0.15, 0.2) is 0 Å². The smallest absolute Gasteiger partial charge is 0.410 e. The molecule has 1 aliphatic heterocycles. The predicted molar refractivity (Wildman–Crippen MR) is 83.5 cm³/mol. The molecule has 1 aromatic rings. The Morgan fingerprint density at radius 3 is 2.91 bits per heavy atom. The Morgan fingerprint density at radius 2 is 2.27 bits per heavy atom. The molecule has 0 aliphatic carbocycles. The lowest BCUT2D eigenvalue weighted by Crippen LogP contribution is -2.44. The summed E-state index contributed by atoms with van der Waals surface area (Å²) in [6, 6.07) is 0.217. The molecule has 2 heterocycles. The van der Waals surface area contributed by atoms with Crippen LogP contribution in [0.3, 0.4) is 0 Å². The standard InChI is InChI=1S/C15H27N5O2/c1-15(2,3)22-14(21)20-9-5-6-12(20)10-16-8-7-13-18-17-11-19(13)4/h11-12,16H,5-10H2,1-4H3. The number of amides is 1. The zero-order valence-electron chi connectivity index (χ0n) is 14.0. The minimum absolute atomic E-state index is 0.204. The van der Waals surface area contributed by atoms with Crippen LogP contribution < -0.4 is 5.32 Å². The number of rotatable bonds is 5. The van der Waals surface area contributed by atoms with Crippen LogP contribution in [0.4, 0.5) is 4.79 Å². The molecule has 7 heteroatoms. The zero-order chi connectivity index (χ0) is 16.2. The van der Waals surface area contributed by atoms with Gasteiger partial charge in [0.2, 0.25) is 0 Å². The molecule has 0 radical (unpaired) electrons. The Labute approximate surface area is 132 Å². The number of nitrogens with zero attached hydrogens (tertiary/aromatic N) is 4. The van der Waals surface area contributed by atoms with E-state index in [1.807, 2.05) is 37.3 Å². The summed E-state index contributed by atoms with van der Waals surface area (Å²) in [6.45, 7) is 8.09. The van der Waals surface area contributed by atoms with Gasteiger partial charge < -0.3 is 19.5 Å². The van der Waals surface area contributed by atoms with Crippen molar-refractivity contribution < 1.29 is 9.53 Å². The lowest BCUT2D eigenvalue weighted by molar-refractivity contribution is 0.0227. The van der Waals surface area contributed by atoms with Gasteiger partial charge >= 0.3 is 6.09 Å². The highest BCUT2D eigenvalue weighted by Gasteiger charge is 2.31. The van der Waals surface area contributed by atoms with E-state index in [9.17, 15) is 4.79 Å². The third-order valence-corrected chi connectivity index (χ3v) is 3.72. The van der Waals surface area contributed by atoms with Gasteiger partial charge in [-0.05, 0) is 33.6 Å². The highest BCUT2D eigenvalue weighted by Crippen LogP contribution is 2.20. The van der Waals surface area contributed by atoms with E-state index in [1.165, 1.54) is 0 Å². The average Bonchev–Trinajstić information content (AvgIpc) is 3.02. The molecule has 1 unspecified atom stereocenters. The van der Waals surface area contributed by atoms with Crippen molar-refractivity contribution >= 4 is 6.09 Å². The van der Waals surface area contributed by atoms with Crippen LogP contribution in [0.15, 0.2) is 6.33 Å². The number of carbonyl (C=O) groups is 1. The summed E-state index contributed by atoms with van der Waals surface area (Å²) in [5.74, 6) is 0.961. The van der Waals surface area contributed by atoms with Gasteiger partial charge in [-0.25, -0.2) is 4.79 Å². The Kier molecular flexibility index (Phi) is 5.39. The van der Waals surface area contributed by atoms with Crippen molar-refractivity contribution in [2.75, 3.05) is 19.6 Å². The van der Waals surface area contributed by atoms with Gasteiger partial charge in [0.25, 0.3) is 0 Å². The lowest BCUT2D eigenvalue weighted by atomic mass is 10.2. The van der Waals surface area contributed by atoms with Gasteiger partial charge in [-0.15, -0.1) is 10.2 Å². The fourth-order valence-corrected chi connectivity index (χ4v) is 2.61. The summed E-state index contributed by atoms with van der Waals surface area (Å²) >= 11 is 0. The van der Waals surface area contributed by atoms with Gasteiger partial charge in [-0.3, -0.25) is 0 Å². The van der Waals surface area contributed by atoms with Gasteiger partial charge in [0.05, 0.1) is 0 Å². The number of nitrogens with one attached hydrogen (secondary N) is 1. The molecule has 0 aromatic carbocycles. The van der Waals surface area contributed by atoms with E-state index in [0.29, 0.717) is 0 Å². The Hall–Kier alpha value is -1.63. The minimum atomic E-state index is -0.442. The molecule has 0 spiro atoms. The molecule has 1 N–H and O–H groups in total. The lowest BCUT2D eigenvalue weighted by Gasteiger charge is -2.28. The van der Waals surface area contributed by atoms with Crippen molar-refractivity contribution in [3.63, 3.8) is 0 Å². The fourth-order valence-electron chi connectivity index (χ4n) is 2.61. The van der Waals surface area contributed by atoms with Crippen molar-refractivity contribution in [3.05, 3.63) is 12.2 Å². The number of carbonyl (C=O) groups excluding carboxylic acids is 1. The third kappa shape index (κ3) is 4.69. The first-order valence-corrected chi connectivity index (χ1v) is 7.90. The number of ether oxygens (including phenoxy) is 1. The molecule has 1 fully saturated rings. The number of aromatic nitrogens is 3. The van der Waals surface area contributed by atoms with Crippen LogP contribution >= 0.6 is 0 Å². The molecule has 1 aromatic heterocycles. The van der Waals surface area contributed by atoms with E-state index in [1.54, 1.807) is 6.33 Å². The normalized spacial score (nSPS) is 18.7. The second kappa shape index (κ2) is 7.09. The Morgan fingerprint density at radius 1 is 1.50 bits per heavy atom. The van der Waals surface area contributed by atoms with Crippen LogP contribution in [0.25, 0.3) is 0 Å². The summed E-state index contributed by atoms with van der Waals surface area (Å²) in [4.78, 5) is 14.0. The monoisotopic (exact) mass is 309 g/mol. The SMILES string of the molecule is Cn1cnnc1CCNCC1CCCN1C(=O)OC(C)(C)C. The molecule has 22 heavy (non-hydrogen) atoms. The molecule has 1 saturated heterocycles. The molecule has 1 aliphatic rings. The third-order valence-electron chi connectivity index (χ3n) is 3.72. The van der Waals surface area contributed by atoms with E-state index in [0.717, 1.165) is 44.7 Å². The molecular formula is C15H27N5O2. The predicted octanol–water partition coefficient (Wildman–Crippen LogP) is 1.35. The maximum absolute atomic E-state index is 12.2. The Balaban J connectivity index is 1.74. The van der Waals surface area contributed by atoms with Gasteiger partial charge in [-0.1, -0.05) is 0 Å². The van der Waals surface area contributed by atoms with E-state index in [-0.39, 0.29) is 12.1 Å². The zero-order valence-corrected chi connectivity index (χ0v) is 14.0. The number of likely N-dealkylation sites (tertiary alicyclic amines) is 1. The molecule has 2 rings (SSSR count). The van der Waals surface area contributed by atoms with Crippen molar-refractivity contribution in [1.82, 2.24) is 25.0 Å². The summed E-state index contributed by atoms with van der Waals surface area (Å²) in [7, 11) is 1.94. The summed E-state index contributed by atoms with van der Waals surface area (Å²) in [5, 5.41) is 11.3. The molecule has 124 valence electrons.